The van der Waals surface area contributed by atoms with Crippen LogP contribution >= 0.6 is 0 Å². The Morgan fingerprint density at radius 1 is 0.792 bits per heavy atom. The molecule has 0 bridgehead atoms. The molecule has 0 atom stereocenters. The van der Waals surface area contributed by atoms with Gasteiger partial charge in [0.15, 0.2) is 0 Å². The zero-order chi connectivity index (χ0) is 18.1. The van der Waals surface area contributed by atoms with E-state index in [0.29, 0.717) is 11.5 Å². The third-order valence-electron chi connectivity index (χ3n) is 4.15. The van der Waals surface area contributed by atoms with Gasteiger partial charge in [0.1, 0.15) is 11.5 Å². The average molecular weight is 325 g/mol. The largest absolute Gasteiger partial charge is 0.507 e. The summed E-state index contributed by atoms with van der Waals surface area (Å²) in [6, 6.07) is 13.4. The Morgan fingerprint density at radius 2 is 1.25 bits per heavy atom. The third-order valence-corrected chi connectivity index (χ3v) is 4.15. The van der Waals surface area contributed by atoms with Crippen molar-refractivity contribution in [2.75, 3.05) is 0 Å². The van der Waals surface area contributed by atoms with Crippen molar-refractivity contribution >= 4 is 5.71 Å². The molecule has 2 aromatic rings. The van der Waals surface area contributed by atoms with Crippen LogP contribution in [-0.2, 0) is 10.8 Å². The fourth-order valence-electron chi connectivity index (χ4n) is 2.79. The standard InChI is InChI=1S/C21H27NO2/c1-20(2,3)16-12-15(13-17(19(16)23)21(4,5)6)18(22-24)14-10-8-7-9-11-14/h7-13,23-24H,1-6H3. The first kappa shape index (κ1) is 18.1. The van der Waals surface area contributed by atoms with Crippen LogP contribution in [0, 0.1) is 0 Å². The van der Waals surface area contributed by atoms with E-state index < -0.39 is 0 Å². The van der Waals surface area contributed by atoms with Crippen LogP contribution in [0.15, 0.2) is 47.6 Å². The molecular weight excluding hydrogens is 298 g/mol. The Bertz CT molecular complexity index is 713. The van der Waals surface area contributed by atoms with Gasteiger partial charge in [0.25, 0.3) is 0 Å². The molecule has 0 fully saturated rings. The zero-order valence-electron chi connectivity index (χ0n) is 15.4. The molecule has 128 valence electrons. The molecule has 3 heteroatoms. The Kier molecular flexibility index (Phi) is 4.75. The fraction of sp³-hybridized carbons (Fsp3) is 0.381. The summed E-state index contributed by atoms with van der Waals surface area (Å²) in [5.41, 5.74) is 3.40. The maximum absolute atomic E-state index is 10.8. The summed E-state index contributed by atoms with van der Waals surface area (Å²) in [6.07, 6.45) is 0. The van der Waals surface area contributed by atoms with Gasteiger partial charge in [-0.1, -0.05) is 77.0 Å². The number of oxime groups is 1. The highest BCUT2D eigenvalue weighted by Gasteiger charge is 2.27. The second-order valence-electron chi connectivity index (χ2n) is 8.23. The second-order valence-corrected chi connectivity index (χ2v) is 8.23. The smallest absolute Gasteiger partial charge is 0.123 e. The summed E-state index contributed by atoms with van der Waals surface area (Å²) < 4.78 is 0. The topological polar surface area (TPSA) is 52.8 Å². The van der Waals surface area contributed by atoms with Crippen molar-refractivity contribution in [3.8, 4) is 5.75 Å². The van der Waals surface area contributed by atoms with Crippen molar-refractivity contribution in [3.63, 3.8) is 0 Å². The summed E-state index contributed by atoms with van der Waals surface area (Å²) >= 11 is 0. The van der Waals surface area contributed by atoms with E-state index in [9.17, 15) is 10.3 Å². The van der Waals surface area contributed by atoms with E-state index in [2.05, 4.69) is 46.7 Å². The molecule has 2 N–H and O–H groups in total. The molecule has 0 aliphatic rings. The first-order valence-electron chi connectivity index (χ1n) is 8.21. The van der Waals surface area contributed by atoms with E-state index in [0.717, 1.165) is 22.3 Å². The van der Waals surface area contributed by atoms with Gasteiger partial charge >= 0.3 is 0 Å². The monoisotopic (exact) mass is 325 g/mol. The minimum absolute atomic E-state index is 0.225. The number of aromatic hydroxyl groups is 1. The van der Waals surface area contributed by atoms with Crippen molar-refractivity contribution < 1.29 is 10.3 Å². The number of hydrogen-bond donors (Lipinski definition) is 2. The molecule has 24 heavy (non-hydrogen) atoms. The average Bonchev–Trinajstić information content (AvgIpc) is 2.48. The number of phenols is 1. The number of hydrogen-bond acceptors (Lipinski definition) is 3. The molecule has 0 radical (unpaired) electrons. The lowest BCUT2D eigenvalue weighted by Gasteiger charge is -2.28. The summed E-state index contributed by atoms with van der Waals surface area (Å²) in [5, 5.41) is 24.0. The Hall–Kier alpha value is -2.29. The van der Waals surface area contributed by atoms with Gasteiger partial charge in [-0.25, -0.2) is 0 Å². The number of phenolic OH excluding ortho intramolecular Hbond substituents is 1. The number of rotatable bonds is 2. The van der Waals surface area contributed by atoms with Crippen LogP contribution in [0.25, 0.3) is 0 Å². The van der Waals surface area contributed by atoms with Crippen LogP contribution in [0.4, 0.5) is 0 Å². The lowest BCUT2D eigenvalue weighted by molar-refractivity contribution is 0.319. The maximum atomic E-state index is 10.8. The molecule has 2 rings (SSSR count). The van der Waals surface area contributed by atoms with Gasteiger partial charge in [-0.15, -0.1) is 0 Å². The fourth-order valence-corrected chi connectivity index (χ4v) is 2.79. The SMILES string of the molecule is CC(C)(C)c1cc(C(=NO)c2ccccc2)cc(C(C)(C)C)c1O. The van der Waals surface area contributed by atoms with Crippen molar-refractivity contribution in [1.82, 2.24) is 0 Å². The van der Waals surface area contributed by atoms with Crippen LogP contribution in [-0.4, -0.2) is 16.0 Å². The van der Waals surface area contributed by atoms with Gasteiger partial charge in [-0.3, -0.25) is 0 Å². The van der Waals surface area contributed by atoms with Crippen LogP contribution < -0.4 is 0 Å². The lowest BCUT2D eigenvalue weighted by Crippen LogP contribution is -2.19. The Balaban J connectivity index is 2.75. The number of benzene rings is 2. The maximum Gasteiger partial charge on any atom is 0.123 e. The second kappa shape index (κ2) is 6.31. The molecule has 0 amide bonds. The van der Waals surface area contributed by atoms with E-state index in [4.69, 9.17) is 0 Å². The minimum Gasteiger partial charge on any atom is -0.507 e. The molecular formula is C21H27NO2. The molecule has 0 aliphatic carbocycles. The summed E-state index contributed by atoms with van der Waals surface area (Å²) in [5.74, 6) is 0.323. The highest BCUT2D eigenvalue weighted by Crippen LogP contribution is 2.40. The number of nitrogens with zero attached hydrogens (tertiary/aromatic N) is 1. The molecule has 0 saturated heterocycles. The predicted octanol–water partition coefficient (Wildman–Crippen LogP) is 5.21. The molecule has 2 aromatic carbocycles. The van der Waals surface area contributed by atoms with Crippen LogP contribution in [0.1, 0.15) is 63.8 Å². The molecule has 0 heterocycles. The molecule has 0 saturated carbocycles. The summed E-state index contributed by atoms with van der Waals surface area (Å²) in [6.45, 7) is 12.4. The van der Waals surface area contributed by atoms with Crippen molar-refractivity contribution in [2.24, 2.45) is 5.16 Å². The van der Waals surface area contributed by atoms with E-state index in [-0.39, 0.29) is 10.8 Å². The third kappa shape index (κ3) is 3.61. The normalized spacial score (nSPS) is 13.2. The van der Waals surface area contributed by atoms with E-state index in [1.165, 1.54) is 0 Å². The van der Waals surface area contributed by atoms with Gasteiger partial charge in [0.2, 0.25) is 0 Å². The lowest BCUT2D eigenvalue weighted by atomic mass is 9.77. The van der Waals surface area contributed by atoms with Gasteiger partial charge in [0.05, 0.1) is 0 Å². The van der Waals surface area contributed by atoms with Crippen LogP contribution in [0.5, 0.6) is 5.75 Å². The van der Waals surface area contributed by atoms with Crippen molar-refractivity contribution in [3.05, 3.63) is 64.7 Å². The Morgan fingerprint density at radius 3 is 1.62 bits per heavy atom. The van der Waals surface area contributed by atoms with E-state index in [1.807, 2.05) is 42.5 Å². The molecule has 0 aliphatic heterocycles. The molecule has 0 unspecified atom stereocenters. The van der Waals surface area contributed by atoms with Gasteiger partial charge in [-0.2, -0.15) is 0 Å². The summed E-state index contributed by atoms with van der Waals surface area (Å²) in [4.78, 5) is 0. The first-order chi connectivity index (χ1) is 11.1. The van der Waals surface area contributed by atoms with Crippen molar-refractivity contribution in [1.29, 1.82) is 0 Å². The highest BCUT2D eigenvalue weighted by molar-refractivity contribution is 6.12. The molecule has 0 spiro atoms. The van der Waals surface area contributed by atoms with Crippen molar-refractivity contribution in [2.45, 2.75) is 52.4 Å². The molecule has 3 nitrogen and oxygen atoms in total. The predicted molar refractivity (Wildman–Crippen MR) is 99.4 cm³/mol. The zero-order valence-corrected chi connectivity index (χ0v) is 15.4. The highest BCUT2D eigenvalue weighted by atomic mass is 16.4. The van der Waals surface area contributed by atoms with Gasteiger partial charge < -0.3 is 10.3 Å². The quantitative estimate of drug-likeness (QED) is 0.452. The Labute approximate surface area is 144 Å². The summed E-state index contributed by atoms with van der Waals surface area (Å²) in [7, 11) is 0. The molecule has 0 aromatic heterocycles. The van der Waals surface area contributed by atoms with E-state index >= 15 is 0 Å². The minimum atomic E-state index is -0.225. The van der Waals surface area contributed by atoms with Gasteiger partial charge in [0, 0.05) is 22.3 Å². The first-order valence-corrected chi connectivity index (χ1v) is 8.21. The van der Waals surface area contributed by atoms with Crippen LogP contribution in [0.3, 0.4) is 0 Å². The van der Waals surface area contributed by atoms with Gasteiger partial charge in [-0.05, 0) is 23.0 Å². The van der Waals surface area contributed by atoms with Crippen LogP contribution in [0.2, 0.25) is 0 Å². The van der Waals surface area contributed by atoms with E-state index in [1.54, 1.807) is 0 Å².